The molecule has 0 aliphatic heterocycles. The number of nitrogens with zero attached hydrogens (tertiary/aromatic N) is 2. The van der Waals surface area contributed by atoms with Crippen LogP contribution in [0.15, 0.2) is 24.3 Å². The fourth-order valence-electron chi connectivity index (χ4n) is 2.80. The third-order valence-electron chi connectivity index (χ3n) is 4.90. The standard InChI is InChI=1S/C21H25N3O3/c1-6-16-14(4)19(15-9-7-8-10-17(15)23-16)20(26)27-11-18(25)24-21(5,12-22)13(2)3/h7-10,13H,6,11H2,1-5H3,(H,24,25). The van der Waals surface area contributed by atoms with E-state index in [-0.39, 0.29) is 5.92 Å². The first-order chi connectivity index (χ1) is 12.7. The first-order valence-corrected chi connectivity index (χ1v) is 9.01. The number of pyridine rings is 1. The van der Waals surface area contributed by atoms with E-state index in [0.717, 1.165) is 11.3 Å². The summed E-state index contributed by atoms with van der Waals surface area (Å²) in [5.74, 6) is -1.16. The van der Waals surface area contributed by atoms with Crippen molar-refractivity contribution in [2.45, 2.75) is 46.6 Å². The number of esters is 1. The highest BCUT2D eigenvalue weighted by atomic mass is 16.5. The molecular weight excluding hydrogens is 342 g/mol. The number of aromatic nitrogens is 1. The van der Waals surface area contributed by atoms with Crippen molar-refractivity contribution in [3.05, 3.63) is 41.1 Å². The van der Waals surface area contributed by atoms with Gasteiger partial charge in [0.05, 0.1) is 17.1 Å². The molecule has 0 saturated heterocycles. The molecule has 0 radical (unpaired) electrons. The number of carbonyl (C=O) groups excluding carboxylic acids is 2. The number of ether oxygens (including phenoxy) is 1. The number of carbonyl (C=O) groups is 2. The number of nitriles is 1. The van der Waals surface area contributed by atoms with Crippen molar-refractivity contribution in [1.82, 2.24) is 10.3 Å². The number of fused-ring (bicyclic) bond motifs is 1. The van der Waals surface area contributed by atoms with Crippen LogP contribution in [0.2, 0.25) is 0 Å². The van der Waals surface area contributed by atoms with Gasteiger partial charge in [0.2, 0.25) is 0 Å². The van der Waals surface area contributed by atoms with Crippen LogP contribution in [-0.4, -0.2) is 29.0 Å². The number of hydrogen-bond donors (Lipinski definition) is 1. The fourth-order valence-corrected chi connectivity index (χ4v) is 2.80. The summed E-state index contributed by atoms with van der Waals surface area (Å²) in [5.41, 5.74) is 1.70. The second kappa shape index (κ2) is 8.17. The first-order valence-electron chi connectivity index (χ1n) is 9.01. The van der Waals surface area contributed by atoms with Crippen molar-refractivity contribution >= 4 is 22.8 Å². The molecule has 1 N–H and O–H groups in total. The SMILES string of the molecule is CCc1nc2ccccc2c(C(=O)OCC(=O)NC(C)(C#N)C(C)C)c1C. The molecular formula is C21H25N3O3. The molecule has 0 bridgehead atoms. The van der Waals surface area contributed by atoms with Crippen LogP contribution in [0.4, 0.5) is 0 Å². The Bertz CT molecular complexity index is 915. The average Bonchev–Trinajstić information content (AvgIpc) is 2.65. The molecule has 2 aromatic rings. The smallest absolute Gasteiger partial charge is 0.339 e. The highest BCUT2D eigenvalue weighted by Gasteiger charge is 2.30. The molecule has 0 aliphatic rings. The number of hydrogen-bond acceptors (Lipinski definition) is 5. The molecule has 1 aromatic carbocycles. The number of benzene rings is 1. The molecule has 6 heteroatoms. The lowest BCUT2D eigenvalue weighted by molar-refractivity contribution is -0.125. The van der Waals surface area contributed by atoms with Crippen LogP contribution in [0.1, 0.15) is 49.3 Å². The molecule has 1 unspecified atom stereocenters. The molecule has 1 atom stereocenters. The van der Waals surface area contributed by atoms with Crippen LogP contribution in [0.3, 0.4) is 0 Å². The summed E-state index contributed by atoms with van der Waals surface area (Å²) in [7, 11) is 0. The van der Waals surface area contributed by atoms with Gasteiger partial charge in [-0.25, -0.2) is 4.79 Å². The maximum Gasteiger partial charge on any atom is 0.339 e. The molecule has 0 fully saturated rings. The van der Waals surface area contributed by atoms with E-state index in [1.807, 2.05) is 52.0 Å². The predicted molar refractivity (Wildman–Crippen MR) is 103 cm³/mol. The molecule has 0 aliphatic carbocycles. The third kappa shape index (κ3) is 4.25. The minimum atomic E-state index is -1.02. The van der Waals surface area contributed by atoms with Gasteiger partial charge in [-0.3, -0.25) is 9.78 Å². The molecule has 142 valence electrons. The molecule has 1 heterocycles. The van der Waals surface area contributed by atoms with Crippen molar-refractivity contribution in [2.24, 2.45) is 5.92 Å². The Balaban J connectivity index is 2.23. The lowest BCUT2D eigenvalue weighted by Crippen LogP contribution is -2.50. The van der Waals surface area contributed by atoms with E-state index in [0.29, 0.717) is 22.9 Å². The van der Waals surface area contributed by atoms with E-state index in [9.17, 15) is 14.9 Å². The summed E-state index contributed by atoms with van der Waals surface area (Å²) in [6.45, 7) is 8.69. The van der Waals surface area contributed by atoms with Crippen LogP contribution in [-0.2, 0) is 16.0 Å². The molecule has 2 rings (SSSR count). The average molecular weight is 367 g/mol. The van der Waals surface area contributed by atoms with Gasteiger partial charge in [0.25, 0.3) is 5.91 Å². The Kier molecular flexibility index (Phi) is 6.17. The predicted octanol–water partition coefficient (Wildman–Crippen LogP) is 3.32. The van der Waals surface area contributed by atoms with E-state index in [1.165, 1.54) is 0 Å². The first kappa shape index (κ1) is 20.4. The van der Waals surface area contributed by atoms with Gasteiger partial charge in [-0.2, -0.15) is 5.26 Å². The van der Waals surface area contributed by atoms with Crippen molar-refractivity contribution in [3.8, 4) is 6.07 Å². The Labute approximate surface area is 159 Å². The van der Waals surface area contributed by atoms with Gasteiger partial charge in [-0.05, 0) is 37.8 Å². The van der Waals surface area contributed by atoms with Gasteiger partial charge in [0.15, 0.2) is 6.61 Å². The molecule has 0 spiro atoms. The summed E-state index contributed by atoms with van der Waals surface area (Å²) in [6.07, 6.45) is 0.687. The van der Waals surface area contributed by atoms with Gasteiger partial charge in [-0.1, -0.05) is 39.0 Å². The Morgan fingerprint density at radius 3 is 2.59 bits per heavy atom. The van der Waals surface area contributed by atoms with Gasteiger partial charge >= 0.3 is 5.97 Å². The van der Waals surface area contributed by atoms with E-state index in [2.05, 4.69) is 16.4 Å². The van der Waals surface area contributed by atoms with E-state index >= 15 is 0 Å². The van der Waals surface area contributed by atoms with Crippen LogP contribution in [0.25, 0.3) is 10.9 Å². The lowest BCUT2D eigenvalue weighted by atomic mass is 9.90. The quantitative estimate of drug-likeness (QED) is 0.791. The Hall–Kier alpha value is -2.94. The molecule has 6 nitrogen and oxygen atoms in total. The number of aryl methyl sites for hydroxylation is 1. The van der Waals surface area contributed by atoms with Crippen molar-refractivity contribution in [2.75, 3.05) is 6.61 Å². The summed E-state index contributed by atoms with van der Waals surface area (Å²) in [5, 5.41) is 12.6. The van der Waals surface area contributed by atoms with Gasteiger partial charge < -0.3 is 10.1 Å². The van der Waals surface area contributed by atoms with Crippen molar-refractivity contribution in [1.29, 1.82) is 5.26 Å². The number of rotatable bonds is 6. The minimum Gasteiger partial charge on any atom is -0.452 e. The molecule has 27 heavy (non-hydrogen) atoms. The van der Waals surface area contributed by atoms with Crippen LogP contribution in [0, 0.1) is 24.2 Å². The maximum absolute atomic E-state index is 12.7. The minimum absolute atomic E-state index is 0.0827. The highest BCUT2D eigenvalue weighted by molar-refractivity contribution is 6.05. The molecule has 1 aromatic heterocycles. The van der Waals surface area contributed by atoms with Crippen LogP contribution >= 0.6 is 0 Å². The maximum atomic E-state index is 12.7. The second-order valence-corrected chi connectivity index (χ2v) is 7.02. The number of nitrogens with one attached hydrogen (secondary N) is 1. The lowest BCUT2D eigenvalue weighted by Gasteiger charge is -2.27. The monoisotopic (exact) mass is 367 g/mol. The Morgan fingerprint density at radius 2 is 2.00 bits per heavy atom. The van der Waals surface area contributed by atoms with E-state index in [1.54, 1.807) is 6.92 Å². The van der Waals surface area contributed by atoms with Crippen molar-refractivity contribution < 1.29 is 14.3 Å². The number of amides is 1. The Morgan fingerprint density at radius 1 is 1.33 bits per heavy atom. The topological polar surface area (TPSA) is 92.1 Å². The van der Waals surface area contributed by atoms with E-state index < -0.39 is 24.0 Å². The summed E-state index contributed by atoms with van der Waals surface area (Å²) >= 11 is 0. The normalized spacial score (nSPS) is 13.1. The summed E-state index contributed by atoms with van der Waals surface area (Å²) in [4.78, 5) is 29.5. The largest absolute Gasteiger partial charge is 0.452 e. The van der Waals surface area contributed by atoms with Gasteiger partial charge in [-0.15, -0.1) is 0 Å². The third-order valence-corrected chi connectivity index (χ3v) is 4.90. The zero-order chi connectivity index (χ0) is 20.2. The number of para-hydroxylation sites is 1. The zero-order valence-electron chi connectivity index (χ0n) is 16.4. The van der Waals surface area contributed by atoms with Gasteiger partial charge in [0.1, 0.15) is 5.54 Å². The van der Waals surface area contributed by atoms with E-state index in [4.69, 9.17) is 4.74 Å². The highest BCUT2D eigenvalue weighted by Crippen LogP contribution is 2.24. The fraction of sp³-hybridized carbons (Fsp3) is 0.429. The summed E-state index contributed by atoms with van der Waals surface area (Å²) in [6, 6.07) is 9.45. The van der Waals surface area contributed by atoms with Crippen LogP contribution in [0.5, 0.6) is 0 Å². The molecule has 1 amide bonds. The van der Waals surface area contributed by atoms with Crippen molar-refractivity contribution in [3.63, 3.8) is 0 Å². The summed E-state index contributed by atoms with van der Waals surface area (Å²) < 4.78 is 5.26. The zero-order valence-corrected chi connectivity index (χ0v) is 16.4. The van der Waals surface area contributed by atoms with Gasteiger partial charge in [0, 0.05) is 11.1 Å². The molecule has 0 saturated carbocycles. The van der Waals surface area contributed by atoms with Crippen LogP contribution < -0.4 is 5.32 Å². The second-order valence-electron chi connectivity index (χ2n) is 7.02.